The summed E-state index contributed by atoms with van der Waals surface area (Å²) in [4.78, 5) is 7.27. The summed E-state index contributed by atoms with van der Waals surface area (Å²) in [5.74, 6) is 0. The van der Waals surface area contributed by atoms with Crippen molar-refractivity contribution in [2.24, 2.45) is 0 Å². The van der Waals surface area contributed by atoms with Gasteiger partial charge < -0.3 is 4.90 Å². The minimum Gasteiger partial charge on any atom is -0.310 e. The number of anilines is 3. The van der Waals surface area contributed by atoms with Crippen LogP contribution in [0.2, 0.25) is 0 Å². The minimum atomic E-state index is -0.265. The van der Waals surface area contributed by atoms with Crippen molar-refractivity contribution >= 4 is 60.3 Å². The van der Waals surface area contributed by atoms with Gasteiger partial charge in [-0.05, 0) is 154 Å². The predicted octanol–water partition coefficient (Wildman–Crippen LogP) is 17.1. The predicted molar refractivity (Wildman–Crippen MR) is 275 cm³/mol. The Balaban J connectivity index is 0.974. The molecular formula is C63H46N2. The molecule has 0 unspecified atom stereocenters. The molecule has 2 aliphatic carbocycles. The summed E-state index contributed by atoms with van der Waals surface area (Å²) in [5, 5.41) is 8.73. The molecule has 308 valence electrons. The molecule has 0 radical (unpaired) electrons. The van der Waals surface area contributed by atoms with E-state index in [2.05, 4.69) is 233 Å². The van der Waals surface area contributed by atoms with Crippen LogP contribution in [-0.4, -0.2) is 4.98 Å². The van der Waals surface area contributed by atoms with Gasteiger partial charge in [-0.3, -0.25) is 4.98 Å². The van der Waals surface area contributed by atoms with Crippen LogP contribution in [0.5, 0.6) is 0 Å². The minimum absolute atomic E-state index is 0.125. The van der Waals surface area contributed by atoms with E-state index in [1.165, 1.54) is 99.1 Å². The maximum atomic E-state index is 4.80. The van der Waals surface area contributed by atoms with Gasteiger partial charge in [-0.25, -0.2) is 0 Å². The number of pyridine rings is 1. The monoisotopic (exact) mass is 830 g/mol. The third-order valence-electron chi connectivity index (χ3n) is 14.9. The molecule has 11 aromatic rings. The van der Waals surface area contributed by atoms with Crippen molar-refractivity contribution in [2.75, 3.05) is 4.90 Å². The van der Waals surface area contributed by atoms with E-state index >= 15 is 0 Å². The molecule has 2 aliphatic rings. The summed E-state index contributed by atoms with van der Waals surface area (Å²) in [7, 11) is 0. The van der Waals surface area contributed by atoms with Crippen LogP contribution in [0.25, 0.3) is 87.7 Å². The molecule has 1 heterocycles. The molecule has 0 aliphatic heterocycles. The average Bonchev–Trinajstić information content (AvgIpc) is 3.71. The van der Waals surface area contributed by atoms with Crippen molar-refractivity contribution in [3.05, 3.63) is 229 Å². The number of hydrogen-bond donors (Lipinski definition) is 0. The number of nitrogens with zero attached hydrogens (tertiary/aromatic N) is 2. The molecule has 2 nitrogen and oxygen atoms in total. The van der Waals surface area contributed by atoms with E-state index in [1.54, 1.807) is 0 Å². The Labute approximate surface area is 380 Å². The van der Waals surface area contributed by atoms with E-state index in [1.807, 2.05) is 6.20 Å². The van der Waals surface area contributed by atoms with Crippen LogP contribution in [0.1, 0.15) is 49.9 Å². The van der Waals surface area contributed by atoms with E-state index in [0.29, 0.717) is 0 Å². The lowest BCUT2D eigenvalue weighted by Gasteiger charge is -2.30. The van der Waals surface area contributed by atoms with Gasteiger partial charge in [0.2, 0.25) is 0 Å². The fraction of sp³-hybridized carbons (Fsp3) is 0.0952. The number of benzene rings is 10. The highest BCUT2D eigenvalue weighted by atomic mass is 15.1. The maximum absolute atomic E-state index is 4.80. The molecule has 0 amide bonds. The van der Waals surface area contributed by atoms with Gasteiger partial charge in [0.25, 0.3) is 0 Å². The first kappa shape index (κ1) is 37.7. The van der Waals surface area contributed by atoms with E-state index < -0.39 is 0 Å². The number of fused-ring (bicyclic) bond motifs is 10. The van der Waals surface area contributed by atoms with E-state index in [9.17, 15) is 0 Å². The second-order valence-electron chi connectivity index (χ2n) is 19.1. The van der Waals surface area contributed by atoms with Crippen LogP contribution >= 0.6 is 0 Å². The van der Waals surface area contributed by atoms with Crippen molar-refractivity contribution < 1.29 is 0 Å². The van der Waals surface area contributed by atoms with Gasteiger partial charge in [0.05, 0.1) is 11.2 Å². The molecule has 0 atom stereocenters. The second kappa shape index (κ2) is 13.8. The first-order valence-corrected chi connectivity index (χ1v) is 22.9. The van der Waals surface area contributed by atoms with Gasteiger partial charge in [-0.15, -0.1) is 0 Å². The lowest BCUT2D eigenvalue weighted by molar-refractivity contribution is 0.660. The van der Waals surface area contributed by atoms with Crippen LogP contribution in [0.3, 0.4) is 0 Å². The molecule has 10 aromatic carbocycles. The molecule has 0 N–H and O–H groups in total. The van der Waals surface area contributed by atoms with E-state index in [0.717, 1.165) is 28.0 Å². The van der Waals surface area contributed by atoms with Gasteiger partial charge in [-0.1, -0.05) is 173 Å². The molecule has 0 saturated heterocycles. The van der Waals surface area contributed by atoms with Crippen molar-refractivity contribution in [1.82, 2.24) is 4.98 Å². The zero-order valence-corrected chi connectivity index (χ0v) is 37.0. The van der Waals surface area contributed by atoms with Crippen LogP contribution in [0.15, 0.2) is 206 Å². The summed E-state index contributed by atoms with van der Waals surface area (Å²) in [5.41, 5.74) is 19.7. The van der Waals surface area contributed by atoms with Gasteiger partial charge in [-0.2, -0.15) is 0 Å². The Morgan fingerprint density at radius 1 is 0.354 bits per heavy atom. The number of aromatic nitrogens is 1. The fourth-order valence-electron chi connectivity index (χ4n) is 11.7. The average molecular weight is 831 g/mol. The zero-order valence-electron chi connectivity index (χ0n) is 37.0. The molecule has 65 heavy (non-hydrogen) atoms. The highest BCUT2D eigenvalue weighted by Gasteiger charge is 2.38. The Kier molecular flexibility index (Phi) is 8.03. The fourth-order valence-corrected chi connectivity index (χ4v) is 11.7. The number of hydrogen-bond acceptors (Lipinski definition) is 2. The Hall–Kier alpha value is -7.81. The molecule has 0 bridgehead atoms. The Bertz CT molecular complexity index is 3730. The van der Waals surface area contributed by atoms with E-state index in [-0.39, 0.29) is 10.8 Å². The number of rotatable bonds is 5. The second-order valence-corrected chi connectivity index (χ2v) is 19.1. The highest BCUT2D eigenvalue weighted by molar-refractivity contribution is 6.23. The van der Waals surface area contributed by atoms with Gasteiger partial charge in [0.1, 0.15) is 0 Å². The van der Waals surface area contributed by atoms with Crippen LogP contribution in [-0.2, 0) is 10.8 Å². The zero-order chi connectivity index (χ0) is 43.6. The summed E-state index contributed by atoms with van der Waals surface area (Å²) < 4.78 is 0. The van der Waals surface area contributed by atoms with Crippen LogP contribution in [0.4, 0.5) is 17.1 Å². The highest BCUT2D eigenvalue weighted by Crippen LogP contribution is 2.55. The summed E-state index contributed by atoms with van der Waals surface area (Å²) in [6.07, 6.45) is 1.89. The van der Waals surface area contributed by atoms with Gasteiger partial charge in [0.15, 0.2) is 0 Å². The topological polar surface area (TPSA) is 16.1 Å². The Morgan fingerprint density at radius 3 is 1.54 bits per heavy atom. The summed E-state index contributed by atoms with van der Waals surface area (Å²) in [6, 6.07) is 74.7. The van der Waals surface area contributed by atoms with Crippen molar-refractivity contribution in [1.29, 1.82) is 0 Å². The molecule has 1 aromatic heterocycles. The largest absolute Gasteiger partial charge is 0.310 e. The maximum Gasteiger partial charge on any atom is 0.0723 e. The molecule has 2 heteroatoms. The summed E-state index contributed by atoms with van der Waals surface area (Å²) in [6.45, 7) is 9.54. The first-order chi connectivity index (χ1) is 31.8. The van der Waals surface area contributed by atoms with Gasteiger partial charge in [0, 0.05) is 33.8 Å². The molecule has 0 spiro atoms. The quantitative estimate of drug-likeness (QED) is 0.161. The third-order valence-corrected chi connectivity index (χ3v) is 14.9. The lowest BCUT2D eigenvalue weighted by atomic mass is 9.80. The Morgan fingerprint density at radius 2 is 0.846 bits per heavy atom. The molecule has 13 rings (SSSR count). The van der Waals surface area contributed by atoms with E-state index in [4.69, 9.17) is 4.98 Å². The first-order valence-electron chi connectivity index (χ1n) is 22.9. The smallest absolute Gasteiger partial charge is 0.0723 e. The van der Waals surface area contributed by atoms with Crippen molar-refractivity contribution in [2.45, 2.75) is 38.5 Å². The molecule has 0 saturated carbocycles. The van der Waals surface area contributed by atoms with Crippen molar-refractivity contribution in [3.8, 4) is 44.5 Å². The standard InChI is InChI=1S/C63H46N2/c1-62(2)54-26-12-11-19-44(54)46-33-30-41(37-56(46)62)65(59-28-14-27-58-53(59)25-15-35-64-58)42-31-34-47-45-32-29-40(36-55(45)63(3,4)57(47)38-42)60-49-20-7-9-22-51(49)61(52-23-10-8-21-50(52)60)48-24-13-17-39-16-5-6-18-43(39)48/h5-38H,1-4H3. The lowest BCUT2D eigenvalue weighted by Crippen LogP contribution is -2.18. The molecular weight excluding hydrogens is 785 g/mol. The van der Waals surface area contributed by atoms with Gasteiger partial charge >= 0.3 is 0 Å². The van der Waals surface area contributed by atoms with Crippen LogP contribution < -0.4 is 4.90 Å². The third kappa shape index (κ3) is 5.44. The normalized spacial score (nSPS) is 14.1. The van der Waals surface area contributed by atoms with Crippen LogP contribution in [0, 0.1) is 0 Å². The van der Waals surface area contributed by atoms with Crippen molar-refractivity contribution in [3.63, 3.8) is 0 Å². The molecule has 0 fully saturated rings. The summed E-state index contributed by atoms with van der Waals surface area (Å²) >= 11 is 0. The SMILES string of the molecule is CC1(C)c2ccccc2-c2ccc(N(c3ccc4c(c3)C(C)(C)c3cc(-c5c6ccccc6c(-c6cccc7ccccc67)c6ccccc56)ccc3-4)c3cccc4ncccc34)cc21.